The van der Waals surface area contributed by atoms with E-state index in [9.17, 15) is 0 Å². The molecule has 1 aromatic heterocycles. The standard InChI is InChI=1S/C10H12ClN3/c11-9-4-1-3-8-7-13-14(10(8)9)6-2-5-12/h1,3-4,7H,2,5-6,12H2. The van der Waals surface area contributed by atoms with Crippen LogP contribution in [0.25, 0.3) is 10.9 Å². The van der Waals surface area contributed by atoms with Gasteiger partial charge in [-0.2, -0.15) is 5.10 Å². The van der Waals surface area contributed by atoms with Crippen LogP contribution in [0.1, 0.15) is 6.42 Å². The van der Waals surface area contributed by atoms with E-state index in [0.29, 0.717) is 6.54 Å². The summed E-state index contributed by atoms with van der Waals surface area (Å²) >= 11 is 6.09. The molecule has 0 aliphatic rings. The molecule has 4 heteroatoms. The summed E-state index contributed by atoms with van der Waals surface area (Å²) in [5.41, 5.74) is 6.46. The molecule has 14 heavy (non-hydrogen) atoms. The molecule has 0 fully saturated rings. The zero-order valence-electron chi connectivity index (χ0n) is 7.78. The maximum Gasteiger partial charge on any atom is 0.0868 e. The van der Waals surface area contributed by atoms with Gasteiger partial charge >= 0.3 is 0 Å². The van der Waals surface area contributed by atoms with E-state index in [-0.39, 0.29) is 0 Å². The van der Waals surface area contributed by atoms with E-state index in [4.69, 9.17) is 17.3 Å². The maximum absolute atomic E-state index is 6.09. The lowest BCUT2D eigenvalue weighted by Crippen LogP contribution is -2.06. The Morgan fingerprint density at radius 1 is 1.43 bits per heavy atom. The second-order valence-electron chi connectivity index (χ2n) is 3.19. The van der Waals surface area contributed by atoms with Crippen molar-refractivity contribution < 1.29 is 0 Å². The molecule has 0 aliphatic carbocycles. The van der Waals surface area contributed by atoms with Crippen LogP contribution in [0.15, 0.2) is 24.4 Å². The molecule has 1 aromatic carbocycles. The minimum atomic E-state index is 0.672. The van der Waals surface area contributed by atoms with Crippen LogP contribution in [0, 0.1) is 0 Å². The molecule has 0 atom stereocenters. The minimum Gasteiger partial charge on any atom is -0.330 e. The highest BCUT2D eigenvalue weighted by molar-refractivity contribution is 6.35. The Morgan fingerprint density at radius 2 is 2.29 bits per heavy atom. The number of aryl methyl sites for hydroxylation is 1. The van der Waals surface area contributed by atoms with Gasteiger partial charge in [0.15, 0.2) is 0 Å². The van der Waals surface area contributed by atoms with Crippen LogP contribution >= 0.6 is 11.6 Å². The molecule has 0 saturated carbocycles. The number of nitrogens with zero attached hydrogens (tertiary/aromatic N) is 2. The molecule has 1 heterocycles. The van der Waals surface area contributed by atoms with E-state index < -0.39 is 0 Å². The van der Waals surface area contributed by atoms with Gasteiger partial charge in [0.2, 0.25) is 0 Å². The molecule has 0 amide bonds. The van der Waals surface area contributed by atoms with Crippen LogP contribution in [0.2, 0.25) is 5.02 Å². The van der Waals surface area contributed by atoms with E-state index >= 15 is 0 Å². The fourth-order valence-electron chi connectivity index (χ4n) is 1.51. The van der Waals surface area contributed by atoms with Gasteiger partial charge in [0.05, 0.1) is 16.7 Å². The average molecular weight is 210 g/mol. The predicted molar refractivity (Wildman–Crippen MR) is 58.4 cm³/mol. The monoisotopic (exact) mass is 209 g/mol. The first-order chi connectivity index (χ1) is 6.83. The quantitative estimate of drug-likeness (QED) is 0.841. The highest BCUT2D eigenvalue weighted by Gasteiger charge is 2.04. The Morgan fingerprint density at radius 3 is 3.07 bits per heavy atom. The van der Waals surface area contributed by atoms with Crippen LogP contribution in [-0.4, -0.2) is 16.3 Å². The van der Waals surface area contributed by atoms with Gasteiger partial charge in [-0.3, -0.25) is 4.68 Å². The fourth-order valence-corrected chi connectivity index (χ4v) is 1.79. The smallest absolute Gasteiger partial charge is 0.0868 e. The van der Waals surface area contributed by atoms with Crippen molar-refractivity contribution in [2.24, 2.45) is 5.73 Å². The first-order valence-corrected chi connectivity index (χ1v) is 5.01. The number of aromatic nitrogens is 2. The lowest BCUT2D eigenvalue weighted by molar-refractivity contribution is 0.602. The van der Waals surface area contributed by atoms with Crippen molar-refractivity contribution in [2.45, 2.75) is 13.0 Å². The van der Waals surface area contributed by atoms with Crippen LogP contribution < -0.4 is 5.73 Å². The number of benzene rings is 1. The molecular weight excluding hydrogens is 198 g/mol. The zero-order chi connectivity index (χ0) is 9.97. The van der Waals surface area contributed by atoms with Gasteiger partial charge < -0.3 is 5.73 Å². The first-order valence-electron chi connectivity index (χ1n) is 4.63. The molecule has 0 aliphatic heterocycles. The van der Waals surface area contributed by atoms with Crippen molar-refractivity contribution in [3.05, 3.63) is 29.4 Å². The lowest BCUT2D eigenvalue weighted by atomic mass is 10.2. The molecule has 2 N–H and O–H groups in total. The third-order valence-electron chi connectivity index (χ3n) is 2.19. The molecule has 0 saturated heterocycles. The SMILES string of the molecule is NCCCn1ncc2cccc(Cl)c21. The summed E-state index contributed by atoms with van der Waals surface area (Å²) in [7, 11) is 0. The zero-order valence-corrected chi connectivity index (χ0v) is 8.54. The third-order valence-corrected chi connectivity index (χ3v) is 2.49. The molecule has 2 aromatic rings. The molecular formula is C10H12ClN3. The van der Waals surface area contributed by atoms with Crippen LogP contribution in [0.5, 0.6) is 0 Å². The number of hydrogen-bond donors (Lipinski definition) is 1. The molecule has 0 unspecified atom stereocenters. The second kappa shape index (κ2) is 3.98. The van der Waals surface area contributed by atoms with E-state index in [2.05, 4.69) is 5.10 Å². The lowest BCUT2D eigenvalue weighted by Gasteiger charge is -2.02. The molecule has 0 radical (unpaired) electrons. The summed E-state index contributed by atoms with van der Waals surface area (Å²) in [5, 5.41) is 6.10. The molecule has 2 rings (SSSR count). The Kier molecular flexibility index (Phi) is 2.70. The molecule has 0 bridgehead atoms. The van der Waals surface area contributed by atoms with Gasteiger partial charge in [-0.15, -0.1) is 0 Å². The second-order valence-corrected chi connectivity index (χ2v) is 3.59. The number of nitrogens with two attached hydrogens (primary N) is 1. The minimum absolute atomic E-state index is 0.672. The number of rotatable bonds is 3. The van der Waals surface area contributed by atoms with E-state index in [0.717, 1.165) is 28.9 Å². The largest absolute Gasteiger partial charge is 0.330 e. The predicted octanol–water partition coefficient (Wildman–Crippen LogP) is 2.04. The molecule has 0 spiro atoms. The van der Waals surface area contributed by atoms with E-state index in [1.165, 1.54) is 0 Å². The summed E-state index contributed by atoms with van der Waals surface area (Å²) in [5.74, 6) is 0. The molecule has 74 valence electrons. The normalized spacial score (nSPS) is 11.0. The van der Waals surface area contributed by atoms with Gasteiger partial charge in [-0.05, 0) is 19.0 Å². The van der Waals surface area contributed by atoms with Crippen molar-refractivity contribution in [3.63, 3.8) is 0 Å². The fraction of sp³-hybridized carbons (Fsp3) is 0.300. The Labute approximate surface area is 87.5 Å². The summed E-state index contributed by atoms with van der Waals surface area (Å²) in [4.78, 5) is 0. The van der Waals surface area contributed by atoms with Crippen molar-refractivity contribution in [2.75, 3.05) is 6.54 Å². The van der Waals surface area contributed by atoms with Gasteiger partial charge in [0.25, 0.3) is 0 Å². The van der Waals surface area contributed by atoms with E-state index in [1.54, 1.807) is 0 Å². The van der Waals surface area contributed by atoms with Crippen LogP contribution in [0.3, 0.4) is 0 Å². The van der Waals surface area contributed by atoms with Crippen molar-refractivity contribution in [3.8, 4) is 0 Å². The van der Waals surface area contributed by atoms with Crippen molar-refractivity contribution in [1.29, 1.82) is 0 Å². The third kappa shape index (κ3) is 1.61. The van der Waals surface area contributed by atoms with Gasteiger partial charge in [0, 0.05) is 11.9 Å². The number of para-hydroxylation sites is 1. The Balaban J connectivity index is 2.45. The summed E-state index contributed by atoms with van der Waals surface area (Å²) in [6, 6.07) is 5.82. The average Bonchev–Trinajstić information content (AvgIpc) is 2.59. The topological polar surface area (TPSA) is 43.8 Å². The highest BCUT2D eigenvalue weighted by atomic mass is 35.5. The van der Waals surface area contributed by atoms with Crippen molar-refractivity contribution >= 4 is 22.5 Å². The molecule has 3 nitrogen and oxygen atoms in total. The number of halogens is 1. The Bertz CT molecular complexity index is 436. The number of fused-ring (bicyclic) bond motifs is 1. The van der Waals surface area contributed by atoms with Gasteiger partial charge in [-0.1, -0.05) is 23.7 Å². The van der Waals surface area contributed by atoms with Crippen LogP contribution in [-0.2, 0) is 6.54 Å². The summed E-state index contributed by atoms with van der Waals surface area (Å²) in [6.45, 7) is 1.50. The first kappa shape index (κ1) is 9.49. The van der Waals surface area contributed by atoms with Gasteiger partial charge in [0.1, 0.15) is 0 Å². The maximum atomic E-state index is 6.09. The van der Waals surface area contributed by atoms with Crippen molar-refractivity contribution in [1.82, 2.24) is 9.78 Å². The van der Waals surface area contributed by atoms with Crippen LogP contribution in [0.4, 0.5) is 0 Å². The number of hydrogen-bond acceptors (Lipinski definition) is 2. The Hall–Kier alpha value is -1.06. The van der Waals surface area contributed by atoms with E-state index in [1.807, 2.05) is 29.1 Å². The summed E-state index contributed by atoms with van der Waals surface area (Å²) in [6.07, 6.45) is 2.75. The summed E-state index contributed by atoms with van der Waals surface area (Å²) < 4.78 is 1.91. The highest BCUT2D eigenvalue weighted by Crippen LogP contribution is 2.22. The van der Waals surface area contributed by atoms with Gasteiger partial charge in [-0.25, -0.2) is 0 Å².